The van der Waals surface area contributed by atoms with Gasteiger partial charge in [0.1, 0.15) is 12.1 Å². The number of rotatable bonds is 7. The maximum absolute atomic E-state index is 13.0. The molecule has 0 aliphatic rings. The topological polar surface area (TPSA) is 99.6 Å². The molecule has 1 aromatic heterocycles. The summed E-state index contributed by atoms with van der Waals surface area (Å²) in [5.74, 6) is -0.629. The first kappa shape index (κ1) is 25.7. The number of fused-ring (bicyclic) bond motifs is 1. The largest absolute Gasteiger partial charge is 0.493 e. The minimum absolute atomic E-state index is 0.00573. The quantitative estimate of drug-likeness (QED) is 0.233. The highest BCUT2D eigenvalue weighted by molar-refractivity contribution is 6.46. The first-order chi connectivity index (χ1) is 17.6. The minimum Gasteiger partial charge on any atom is -0.493 e. The van der Waals surface area contributed by atoms with E-state index in [1.165, 1.54) is 44.8 Å². The van der Waals surface area contributed by atoms with Crippen molar-refractivity contribution in [3.63, 3.8) is 0 Å². The number of nitrogens with one attached hydrogen (secondary N) is 1. The van der Waals surface area contributed by atoms with Crippen LogP contribution in [0, 0.1) is 0 Å². The van der Waals surface area contributed by atoms with Crippen molar-refractivity contribution in [1.29, 1.82) is 0 Å². The highest BCUT2D eigenvalue weighted by atomic mass is 35.5. The van der Waals surface area contributed by atoms with Gasteiger partial charge in [-0.25, -0.2) is 9.97 Å². The van der Waals surface area contributed by atoms with Crippen molar-refractivity contribution in [2.75, 3.05) is 19.5 Å². The minimum atomic E-state index is -4.72. The lowest BCUT2D eigenvalue weighted by molar-refractivity contribution is -0.137. The van der Waals surface area contributed by atoms with Gasteiger partial charge in [-0.15, -0.1) is 0 Å². The van der Waals surface area contributed by atoms with Gasteiger partial charge in [0.2, 0.25) is 5.88 Å². The molecule has 1 amide bonds. The van der Waals surface area contributed by atoms with Gasteiger partial charge in [-0.2, -0.15) is 13.2 Å². The SMILES string of the molecule is COc1cc2ncnc(Oc3ccc(C(=O)C(=O)Nc4ccc(Cl)c(C(F)(F)F)c4)cc3)c2cc1OC. The molecule has 8 nitrogen and oxygen atoms in total. The normalized spacial score (nSPS) is 11.2. The third-order valence-electron chi connectivity index (χ3n) is 5.17. The van der Waals surface area contributed by atoms with Gasteiger partial charge in [0.25, 0.3) is 11.7 Å². The van der Waals surface area contributed by atoms with Crippen LogP contribution in [-0.4, -0.2) is 35.9 Å². The zero-order valence-electron chi connectivity index (χ0n) is 19.2. The van der Waals surface area contributed by atoms with Crippen LogP contribution in [0.1, 0.15) is 15.9 Å². The molecule has 190 valence electrons. The van der Waals surface area contributed by atoms with E-state index in [0.717, 1.165) is 12.1 Å². The number of alkyl halides is 3. The lowest BCUT2D eigenvalue weighted by Crippen LogP contribution is -2.23. The van der Waals surface area contributed by atoms with Gasteiger partial charge in [-0.1, -0.05) is 11.6 Å². The fraction of sp³-hybridized carbons (Fsp3) is 0.120. The van der Waals surface area contributed by atoms with Crippen LogP contribution in [0.5, 0.6) is 23.1 Å². The maximum atomic E-state index is 13.0. The van der Waals surface area contributed by atoms with Crippen LogP contribution >= 0.6 is 11.6 Å². The van der Waals surface area contributed by atoms with Gasteiger partial charge in [0.05, 0.1) is 35.7 Å². The van der Waals surface area contributed by atoms with Crippen molar-refractivity contribution in [2.45, 2.75) is 6.18 Å². The first-order valence-corrected chi connectivity index (χ1v) is 10.9. The molecule has 0 unspecified atom stereocenters. The van der Waals surface area contributed by atoms with Gasteiger partial charge in [-0.05, 0) is 48.5 Å². The van der Waals surface area contributed by atoms with E-state index in [4.69, 9.17) is 25.8 Å². The number of hydrogen-bond acceptors (Lipinski definition) is 7. The average molecular weight is 532 g/mol. The molecule has 0 atom stereocenters. The van der Waals surface area contributed by atoms with E-state index in [1.807, 2.05) is 0 Å². The summed E-state index contributed by atoms with van der Waals surface area (Å²) in [6, 6.07) is 11.7. The summed E-state index contributed by atoms with van der Waals surface area (Å²) >= 11 is 5.58. The lowest BCUT2D eigenvalue weighted by Gasteiger charge is -2.12. The second-order valence-corrected chi connectivity index (χ2v) is 7.91. The second-order valence-electron chi connectivity index (χ2n) is 7.51. The Labute approximate surface area is 213 Å². The predicted molar refractivity (Wildman–Crippen MR) is 129 cm³/mol. The van der Waals surface area contributed by atoms with Crippen LogP contribution in [0.15, 0.2) is 60.9 Å². The van der Waals surface area contributed by atoms with Gasteiger partial charge >= 0.3 is 6.18 Å². The van der Waals surface area contributed by atoms with Crippen molar-refractivity contribution < 1.29 is 37.0 Å². The summed E-state index contributed by atoms with van der Waals surface area (Å²) in [5.41, 5.74) is -0.817. The number of carbonyl (C=O) groups is 2. The van der Waals surface area contributed by atoms with Gasteiger partial charge in [0, 0.05) is 17.3 Å². The van der Waals surface area contributed by atoms with Crippen molar-refractivity contribution in [2.24, 2.45) is 0 Å². The van der Waals surface area contributed by atoms with E-state index in [9.17, 15) is 22.8 Å². The Kier molecular flexibility index (Phi) is 7.16. The Balaban J connectivity index is 1.51. The maximum Gasteiger partial charge on any atom is 0.417 e. The molecule has 3 aromatic carbocycles. The number of amides is 1. The number of anilines is 1. The predicted octanol–water partition coefficient (Wildman–Crippen LogP) is 5.93. The molecule has 4 rings (SSSR count). The number of benzene rings is 3. The monoisotopic (exact) mass is 531 g/mol. The Hall–Kier alpha value is -4.38. The number of methoxy groups -OCH3 is 2. The number of nitrogens with zero attached hydrogens (tertiary/aromatic N) is 2. The summed E-state index contributed by atoms with van der Waals surface area (Å²) in [6.07, 6.45) is -3.41. The lowest BCUT2D eigenvalue weighted by atomic mass is 10.1. The Morgan fingerprint density at radius 1 is 0.919 bits per heavy atom. The highest BCUT2D eigenvalue weighted by Crippen LogP contribution is 2.37. The van der Waals surface area contributed by atoms with E-state index < -0.39 is 28.5 Å². The van der Waals surface area contributed by atoms with Crippen LogP contribution < -0.4 is 19.5 Å². The molecule has 1 heterocycles. The number of Topliss-reactive ketones (excluding diaryl/α,β-unsaturated/α-hetero) is 1. The fourth-order valence-electron chi connectivity index (χ4n) is 3.37. The number of ketones is 1. The summed E-state index contributed by atoms with van der Waals surface area (Å²) in [7, 11) is 2.99. The van der Waals surface area contributed by atoms with Crippen molar-refractivity contribution in [1.82, 2.24) is 9.97 Å². The first-order valence-electron chi connectivity index (χ1n) is 10.5. The molecule has 37 heavy (non-hydrogen) atoms. The van der Waals surface area contributed by atoms with E-state index in [0.29, 0.717) is 34.2 Å². The molecule has 0 saturated heterocycles. The molecule has 0 bridgehead atoms. The van der Waals surface area contributed by atoms with Gasteiger partial charge < -0.3 is 19.5 Å². The summed E-state index contributed by atoms with van der Waals surface area (Å²) < 4.78 is 55.6. The molecule has 0 aliphatic carbocycles. The van der Waals surface area contributed by atoms with E-state index in [-0.39, 0.29) is 17.1 Å². The van der Waals surface area contributed by atoms with Crippen LogP contribution in [-0.2, 0) is 11.0 Å². The number of carbonyl (C=O) groups excluding carboxylic acids is 2. The number of aromatic nitrogens is 2. The van der Waals surface area contributed by atoms with Gasteiger partial charge in [-0.3, -0.25) is 9.59 Å². The molecular weight excluding hydrogens is 515 g/mol. The Morgan fingerprint density at radius 2 is 1.59 bits per heavy atom. The average Bonchev–Trinajstić information content (AvgIpc) is 2.88. The Morgan fingerprint density at radius 3 is 2.24 bits per heavy atom. The van der Waals surface area contributed by atoms with Crippen molar-refractivity contribution in [3.8, 4) is 23.1 Å². The van der Waals surface area contributed by atoms with Crippen molar-refractivity contribution >= 4 is 39.9 Å². The second kappa shape index (κ2) is 10.3. The summed E-state index contributed by atoms with van der Waals surface area (Å²) in [4.78, 5) is 33.2. The Bertz CT molecular complexity index is 1490. The molecule has 0 aliphatic heterocycles. The van der Waals surface area contributed by atoms with Crippen LogP contribution in [0.2, 0.25) is 5.02 Å². The van der Waals surface area contributed by atoms with E-state index in [2.05, 4.69) is 15.3 Å². The summed E-state index contributed by atoms with van der Waals surface area (Å²) in [5, 5.41) is 2.17. The van der Waals surface area contributed by atoms with Crippen LogP contribution in [0.3, 0.4) is 0 Å². The van der Waals surface area contributed by atoms with E-state index >= 15 is 0 Å². The number of hydrogen-bond donors (Lipinski definition) is 1. The summed E-state index contributed by atoms with van der Waals surface area (Å²) in [6.45, 7) is 0. The molecule has 0 saturated carbocycles. The molecule has 12 heteroatoms. The van der Waals surface area contributed by atoms with Crippen LogP contribution in [0.4, 0.5) is 18.9 Å². The molecule has 0 fully saturated rings. The van der Waals surface area contributed by atoms with Gasteiger partial charge in [0.15, 0.2) is 11.5 Å². The van der Waals surface area contributed by atoms with Crippen LogP contribution in [0.25, 0.3) is 10.9 Å². The van der Waals surface area contributed by atoms with E-state index in [1.54, 1.807) is 12.1 Å². The smallest absolute Gasteiger partial charge is 0.417 e. The zero-order valence-corrected chi connectivity index (χ0v) is 20.0. The van der Waals surface area contributed by atoms with Crippen molar-refractivity contribution in [3.05, 3.63) is 77.1 Å². The molecule has 0 spiro atoms. The molecule has 1 N–H and O–H groups in total. The standard InChI is InChI=1S/C25H17ClF3N3O5/c1-35-20-10-16-19(11-21(20)36-2)30-12-31-24(16)37-15-6-3-13(4-7-15)22(33)23(34)32-14-5-8-18(26)17(9-14)25(27,28)29/h3-12H,1-2H3,(H,32,34). The number of ether oxygens (including phenoxy) is 3. The molecule has 4 aromatic rings. The fourth-order valence-corrected chi connectivity index (χ4v) is 3.59. The molecular formula is C25H17ClF3N3O5. The highest BCUT2D eigenvalue weighted by Gasteiger charge is 2.33. The number of halogens is 4. The molecule has 0 radical (unpaired) electrons. The zero-order chi connectivity index (χ0) is 26.7. The third-order valence-corrected chi connectivity index (χ3v) is 5.50. The third kappa shape index (κ3) is 5.56.